The van der Waals surface area contributed by atoms with Crippen molar-refractivity contribution in [2.75, 3.05) is 31.1 Å². The number of rotatable bonds is 2. The smallest absolute Gasteiger partial charge is 0.0190 e. The average Bonchev–Trinajstić information content (AvgIpc) is 2.28. The van der Waals surface area contributed by atoms with Gasteiger partial charge in [-0.05, 0) is 18.6 Å². The normalized spacial score (nSPS) is 29.8. The van der Waals surface area contributed by atoms with Gasteiger partial charge in [-0.3, -0.25) is 4.90 Å². The fraction of sp³-hybridized carbons (Fsp3) is 1.00. The number of nitrogens with zero attached hydrogens (tertiary/aromatic N) is 1. The van der Waals surface area contributed by atoms with E-state index in [1.807, 2.05) is 0 Å². The number of hydrogen-bond donors (Lipinski definition) is 1. The quantitative estimate of drug-likeness (QED) is 0.701. The molecule has 0 spiro atoms. The van der Waals surface area contributed by atoms with Gasteiger partial charge in [-0.15, -0.1) is 0 Å². The van der Waals surface area contributed by atoms with Gasteiger partial charge < -0.3 is 5.73 Å². The van der Waals surface area contributed by atoms with Gasteiger partial charge in [-0.25, -0.2) is 0 Å². The topological polar surface area (TPSA) is 29.3 Å². The minimum atomic E-state index is 0.561. The van der Waals surface area contributed by atoms with Crippen LogP contribution in [0.5, 0.6) is 0 Å². The molecule has 1 fully saturated rings. The van der Waals surface area contributed by atoms with Crippen LogP contribution in [0.15, 0.2) is 0 Å². The highest BCUT2D eigenvalue weighted by molar-refractivity contribution is 7.99. The Kier molecular flexibility index (Phi) is 4.40. The minimum absolute atomic E-state index is 0.561. The van der Waals surface area contributed by atoms with Gasteiger partial charge in [-0.1, -0.05) is 6.92 Å². The molecule has 72 valence electrons. The van der Waals surface area contributed by atoms with E-state index >= 15 is 0 Å². The third-order valence-corrected chi connectivity index (χ3v) is 3.71. The van der Waals surface area contributed by atoms with Gasteiger partial charge in [0.15, 0.2) is 0 Å². The predicted octanol–water partition coefficient (Wildman–Crippen LogP) is 1.02. The summed E-state index contributed by atoms with van der Waals surface area (Å²) in [6.45, 7) is 7.79. The molecule has 3 heteroatoms. The van der Waals surface area contributed by atoms with Gasteiger partial charge >= 0.3 is 0 Å². The summed E-state index contributed by atoms with van der Waals surface area (Å²) in [5, 5.41) is 0. The fourth-order valence-electron chi connectivity index (χ4n) is 1.56. The summed E-state index contributed by atoms with van der Waals surface area (Å²) in [5.41, 5.74) is 5.65. The molecule has 1 aliphatic rings. The molecule has 1 rings (SSSR count). The van der Waals surface area contributed by atoms with Crippen LogP contribution in [0.2, 0.25) is 0 Å². The Balaban J connectivity index is 2.40. The average molecular weight is 188 g/mol. The Hall–Kier alpha value is 0.270. The van der Waals surface area contributed by atoms with Crippen molar-refractivity contribution >= 4 is 11.8 Å². The third-order valence-electron chi connectivity index (χ3n) is 2.44. The van der Waals surface area contributed by atoms with Crippen LogP contribution >= 0.6 is 11.8 Å². The third kappa shape index (κ3) is 2.96. The van der Waals surface area contributed by atoms with Gasteiger partial charge in [0.05, 0.1) is 0 Å². The van der Waals surface area contributed by atoms with Crippen LogP contribution in [-0.2, 0) is 0 Å². The van der Waals surface area contributed by atoms with Crippen LogP contribution in [0, 0.1) is 5.92 Å². The molecule has 0 aliphatic carbocycles. The first kappa shape index (κ1) is 10.4. The van der Waals surface area contributed by atoms with E-state index in [4.69, 9.17) is 5.73 Å². The lowest BCUT2D eigenvalue weighted by Gasteiger charge is -2.27. The fourth-order valence-corrected chi connectivity index (χ4v) is 2.60. The summed E-state index contributed by atoms with van der Waals surface area (Å²) in [4.78, 5) is 2.52. The lowest BCUT2D eigenvalue weighted by Crippen LogP contribution is -2.41. The van der Waals surface area contributed by atoms with Crippen LogP contribution in [0.25, 0.3) is 0 Å². The molecule has 0 aromatic carbocycles. The monoisotopic (exact) mass is 188 g/mol. The second kappa shape index (κ2) is 5.10. The predicted molar refractivity (Wildman–Crippen MR) is 56.6 cm³/mol. The molecular formula is C9H20N2S. The molecule has 1 saturated heterocycles. The van der Waals surface area contributed by atoms with Crippen LogP contribution in [-0.4, -0.2) is 42.1 Å². The Labute approximate surface area is 79.9 Å². The van der Waals surface area contributed by atoms with Crippen LogP contribution in [0.3, 0.4) is 0 Å². The van der Waals surface area contributed by atoms with Gasteiger partial charge in [0, 0.05) is 31.4 Å². The Bertz CT molecular complexity index is 130. The van der Waals surface area contributed by atoms with E-state index < -0.39 is 0 Å². The zero-order valence-corrected chi connectivity index (χ0v) is 8.94. The van der Waals surface area contributed by atoms with Gasteiger partial charge in [0.25, 0.3) is 0 Å². The number of thioether (sulfide) groups is 1. The van der Waals surface area contributed by atoms with Crippen molar-refractivity contribution in [2.45, 2.75) is 19.9 Å². The van der Waals surface area contributed by atoms with Crippen molar-refractivity contribution in [3.05, 3.63) is 0 Å². The molecule has 12 heavy (non-hydrogen) atoms. The van der Waals surface area contributed by atoms with E-state index in [2.05, 4.69) is 30.5 Å². The second-order valence-corrected chi connectivity index (χ2v) is 4.91. The molecule has 0 amide bonds. The first-order valence-corrected chi connectivity index (χ1v) is 5.91. The largest absolute Gasteiger partial charge is 0.329 e. The molecule has 0 saturated carbocycles. The molecule has 0 radical (unpaired) electrons. The van der Waals surface area contributed by atoms with Crippen LogP contribution in [0.1, 0.15) is 13.8 Å². The standard InChI is InChI=1S/C9H20N2S/c1-8-6-11(9(2)5-10)3-4-12-7-8/h8-9H,3-7,10H2,1-2H3. The maximum absolute atomic E-state index is 5.65. The molecule has 0 aromatic rings. The van der Waals surface area contributed by atoms with E-state index in [0.29, 0.717) is 6.04 Å². The van der Waals surface area contributed by atoms with E-state index in [1.165, 1.54) is 24.6 Å². The number of hydrogen-bond acceptors (Lipinski definition) is 3. The molecule has 2 unspecified atom stereocenters. The zero-order valence-electron chi connectivity index (χ0n) is 8.12. The maximum Gasteiger partial charge on any atom is 0.0190 e. The molecule has 0 aromatic heterocycles. The maximum atomic E-state index is 5.65. The van der Waals surface area contributed by atoms with Crippen molar-refractivity contribution < 1.29 is 0 Å². The summed E-state index contributed by atoms with van der Waals surface area (Å²) >= 11 is 2.07. The van der Waals surface area contributed by atoms with Crippen LogP contribution in [0.4, 0.5) is 0 Å². The van der Waals surface area contributed by atoms with Gasteiger partial charge in [0.1, 0.15) is 0 Å². The molecule has 2 N–H and O–H groups in total. The summed E-state index contributed by atoms with van der Waals surface area (Å²) < 4.78 is 0. The first-order chi connectivity index (χ1) is 5.74. The van der Waals surface area contributed by atoms with Crippen LogP contribution < -0.4 is 5.73 Å². The molecule has 1 aliphatic heterocycles. The summed E-state index contributed by atoms with van der Waals surface area (Å²) in [5.74, 6) is 3.41. The van der Waals surface area contributed by atoms with Crippen molar-refractivity contribution in [2.24, 2.45) is 11.7 Å². The second-order valence-electron chi connectivity index (χ2n) is 3.76. The molecule has 2 nitrogen and oxygen atoms in total. The van der Waals surface area contributed by atoms with Gasteiger partial charge in [0.2, 0.25) is 0 Å². The van der Waals surface area contributed by atoms with Crippen molar-refractivity contribution in [3.8, 4) is 0 Å². The van der Waals surface area contributed by atoms with Crippen molar-refractivity contribution in [1.29, 1.82) is 0 Å². The molecule has 0 bridgehead atoms. The van der Waals surface area contributed by atoms with Crippen molar-refractivity contribution in [1.82, 2.24) is 4.90 Å². The highest BCUT2D eigenvalue weighted by Crippen LogP contribution is 2.16. The minimum Gasteiger partial charge on any atom is -0.329 e. The zero-order chi connectivity index (χ0) is 8.97. The summed E-state index contributed by atoms with van der Waals surface area (Å²) in [6, 6.07) is 0.561. The van der Waals surface area contributed by atoms with E-state index in [9.17, 15) is 0 Å². The first-order valence-electron chi connectivity index (χ1n) is 4.76. The van der Waals surface area contributed by atoms with Crippen molar-refractivity contribution in [3.63, 3.8) is 0 Å². The molecular weight excluding hydrogens is 168 g/mol. The summed E-state index contributed by atoms with van der Waals surface area (Å²) in [6.07, 6.45) is 0. The highest BCUT2D eigenvalue weighted by atomic mass is 32.2. The Morgan fingerprint density at radius 1 is 1.67 bits per heavy atom. The molecule has 2 atom stereocenters. The number of nitrogens with two attached hydrogens (primary N) is 1. The van der Waals surface area contributed by atoms with E-state index in [-0.39, 0.29) is 0 Å². The Morgan fingerprint density at radius 2 is 2.42 bits per heavy atom. The van der Waals surface area contributed by atoms with E-state index in [1.54, 1.807) is 0 Å². The van der Waals surface area contributed by atoms with Gasteiger partial charge in [-0.2, -0.15) is 11.8 Å². The Morgan fingerprint density at radius 3 is 3.08 bits per heavy atom. The van der Waals surface area contributed by atoms with E-state index in [0.717, 1.165) is 12.5 Å². The summed E-state index contributed by atoms with van der Waals surface area (Å²) in [7, 11) is 0. The molecule has 1 heterocycles. The SMILES string of the molecule is CC1CSCCN(C(C)CN)C1. The lowest BCUT2D eigenvalue weighted by atomic mass is 10.1. The highest BCUT2D eigenvalue weighted by Gasteiger charge is 2.18. The lowest BCUT2D eigenvalue weighted by molar-refractivity contribution is 0.207.